The molecule has 27 heavy (non-hydrogen) atoms. The summed E-state index contributed by atoms with van der Waals surface area (Å²) in [5, 5.41) is 9.71. The summed E-state index contributed by atoms with van der Waals surface area (Å²) in [6.45, 7) is 1.07. The molecule has 7 nitrogen and oxygen atoms in total. The van der Waals surface area contributed by atoms with Crippen molar-refractivity contribution in [2.75, 3.05) is 27.2 Å². The summed E-state index contributed by atoms with van der Waals surface area (Å²) in [4.78, 5) is 41.4. The molecule has 2 aromatic rings. The van der Waals surface area contributed by atoms with Gasteiger partial charge in [0, 0.05) is 44.5 Å². The number of aromatic nitrogens is 1. The van der Waals surface area contributed by atoms with E-state index in [9.17, 15) is 14.4 Å². The molecule has 0 saturated carbocycles. The Labute approximate surface area is 157 Å². The van der Waals surface area contributed by atoms with Crippen LogP contribution in [0.25, 0.3) is 16.5 Å². The number of aromatic amines is 1. The Bertz CT molecular complexity index is 926. The van der Waals surface area contributed by atoms with Gasteiger partial charge in [-0.25, -0.2) is 0 Å². The average Bonchev–Trinajstić information content (AvgIpc) is 3.08. The van der Waals surface area contributed by atoms with E-state index in [2.05, 4.69) is 11.1 Å². The standard InChI is InChI=1S/C20H23N3O4/c1-22(2)20(27)17-11-14-6-5-13(10-16(14)21-17)15-4-3-9-23(12-15)18(24)7-8-19(25)26/h4-6,10-11,21H,3,7-9,12H2,1-2H3,(H,25,26). The number of H-pyrrole nitrogens is 1. The second-order valence-electron chi connectivity index (χ2n) is 6.91. The van der Waals surface area contributed by atoms with Gasteiger partial charge in [-0.2, -0.15) is 0 Å². The van der Waals surface area contributed by atoms with E-state index in [-0.39, 0.29) is 24.7 Å². The van der Waals surface area contributed by atoms with Gasteiger partial charge in [0.2, 0.25) is 5.91 Å². The van der Waals surface area contributed by atoms with Gasteiger partial charge < -0.3 is 19.9 Å². The second-order valence-corrected chi connectivity index (χ2v) is 6.91. The number of rotatable bonds is 5. The summed E-state index contributed by atoms with van der Waals surface area (Å²) < 4.78 is 0. The topological polar surface area (TPSA) is 93.7 Å². The lowest BCUT2D eigenvalue weighted by Gasteiger charge is -2.27. The Morgan fingerprint density at radius 3 is 2.67 bits per heavy atom. The third-order valence-corrected chi connectivity index (χ3v) is 4.69. The van der Waals surface area contributed by atoms with Crippen molar-refractivity contribution in [3.05, 3.63) is 41.6 Å². The molecular formula is C20H23N3O4. The summed E-state index contributed by atoms with van der Waals surface area (Å²) >= 11 is 0. The molecule has 1 aliphatic heterocycles. The molecule has 3 rings (SSSR count). The SMILES string of the molecule is CN(C)C(=O)c1cc2ccc(C3=CCCN(C(=O)CCC(=O)O)C3)cc2[nH]1. The van der Waals surface area contributed by atoms with Crippen molar-refractivity contribution in [2.45, 2.75) is 19.3 Å². The van der Waals surface area contributed by atoms with Gasteiger partial charge in [-0.3, -0.25) is 14.4 Å². The maximum atomic E-state index is 12.2. The normalized spacial score (nSPS) is 14.1. The van der Waals surface area contributed by atoms with Gasteiger partial charge >= 0.3 is 5.97 Å². The summed E-state index contributed by atoms with van der Waals surface area (Å²) in [6.07, 6.45) is 2.72. The van der Waals surface area contributed by atoms with Crippen molar-refractivity contribution in [1.82, 2.24) is 14.8 Å². The number of carboxylic acids is 1. The number of carbonyl (C=O) groups is 3. The van der Waals surface area contributed by atoms with E-state index in [0.29, 0.717) is 18.8 Å². The van der Waals surface area contributed by atoms with E-state index in [1.165, 1.54) is 4.90 Å². The molecular weight excluding hydrogens is 346 g/mol. The van der Waals surface area contributed by atoms with Crippen LogP contribution in [0, 0.1) is 0 Å². The Kier molecular flexibility index (Phi) is 5.30. The minimum Gasteiger partial charge on any atom is -0.481 e. The molecule has 2 heterocycles. The molecule has 0 radical (unpaired) electrons. The van der Waals surface area contributed by atoms with E-state index < -0.39 is 5.97 Å². The largest absolute Gasteiger partial charge is 0.481 e. The highest BCUT2D eigenvalue weighted by Crippen LogP contribution is 2.25. The van der Waals surface area contributed by atoms with Crippen molar-refractivity contribution in [3.8, 4) is 0 Å². The Hall–Kier alpha value is -3.09. The molecule has 0 atom stereocenters. The molecule has 0 aliphatic carbocycles. The van der Waals surface area contributed by atoms with Crippen LogP contribution in [0.3, 0.4) is 0 Å². The third kappa shape index (κ3) is 4.19. The van der Waals surface area contributed by atoms with Crippen LogP contribution >= 0.6 is 0 Å². The zero-order chi connectivity index (χ0) is 19.6. The predicted molar refractivity (Wildman–Crippen MR) is 102 cm³/mol. The fourth-order valence-electron chi connectivity index (χ4n) is 3.22. The number of nitrogens with one attached hydrogen (secondary N) is 1. The monoisotopic (exact) mass is 369 g/mol. The van der Waals surface area contributed by atoms with Crippen LogP contribution in [-0.4, -0.2) is 64.9 Å². The van der Waals surface area contributed by atoms with Crippen molar-refractivity contribution in [3.63, 3.8) is 0 Å². The van der Waals surface area contributed by atoms with Gasteiger partial charge in [0.25, 0.3) is 5.91 Å². The zero-order valence-corrected chi connectivity index (χ0v) is 15.5. The number of carboxylic acid groups (broad SMARTS) is 1. The Balaban J connectivity index is 1.78. The molecule has 0 spiro atoms. The first-order valence-electron chi connectivity index (χ1n) is 8.88. The molecule has 1 aromatic heterocycles. The first-order valence-corrected chi connectivity index (χ1v) is 8.88. The zero-order valence-electron chi connectivity index (χ0n) is 15.5. The van der Waals surface area contributed by atoms with Crippen molar-refractivity contribution in [2.24, 2.45) is 0 Å². The van der Waals surface area contributed by atoms with E-state index in [0.717, 1.165) is 28.5 Å². The summed E-state index contributed by atoms with van der Waals surface area (Å²) in [5.74, 6) is -1.18. The first-order chi connectivity index (χ1) is 12.8. The second kappa shape index (κ2) is 7.65. The number of nitrogens with zero attached hydrogens (tertiary/aromatic N) is 2. The Morgan fingerprint density at radius 2 is 1.96 bits per heavy atom. The fourth-order valence-corrected chi connectivity index (χ4v) is 3.22. The van der Waals surface area contributed by atoms with Crippen LogP contribution in [-0.2, 0) is 9.59 Å². The Morgan fingerprint density at radius 1 is 1.19 bits per heavy atom. The van der Waals surface area contributed by atoms with Gasteiger partial charge in [0.15, 0.2) is 0 Å². The van der Waals surface area contributed by atoms with E-state index in [1.54, 1.807) is 19.0 Å². The third-order valence-electron chi connectivity index (χ3n) is 4.69. The molecule has 2 amide bonds. The van der Waals surface area contributed by atoms with E-state index in [4.69, 9.17) is 5.11 Å². The lowest BCUT2D eigenvalue weighted by molar-refractivity contribution is -0.140. The quantitative estimate of drug-likeness (QED) is 0.846. The van der Waals surface area contributed by atoms with Gasteiger partial charge in [0.05, 0.1) is 6.42 Å². The molecule has 2 N–H and O–H groups in total. The van der Waals surface area contributed by atoms with E-state index >= 15 is 0 Å². The molecule has 1 aromatic carbocycles. The van der Waals surface area contributed by atoms with Gasteiger partial charge in [-0.15, -0.1) is 0 Å². The van der Waals surface area contributed by atoms with Gasteiger partial charge in [-0.05, 0) is 29.7 Å². The molecule has 142 valence electrons. The molecule has 0 saturated heterocycles. The lowest BCUT2D eigenvalue weighted by atomic mass is 10.00. The highest BCUT2D eigenvalue weighted by atomic mass is 16.4. The molecule has 7 heteroatoms. The number of hydrogen-bond donors (Lipinski definition) is 2. The van der Waals surface area contributed by atoms with Crippen molar-refractivity contribution < 1.29 is 19.5 Å². The highest BCUT2D eigenvalue weighted by molar-refractivity contribution is 5.98. The van der Waals surface area contributed by atoms with Crippen LogP contribution < -0.4 is 0 Å². The predicted octanol–water partition coefficient (Wildman–Crippen LogP) is 2.35. The fraction of sp³-hybridized carbons (Fsp3) is 0.350. The van der Waals surface area contributed by atoms with Crippen LogP contribution in [0.5, 0.6) is 0 Å². The number of amides is 2. The average molecular weight is 369 g/mol. The number of carbonyl (C=O) groups excluding carboxylic acids is 2. The summed E-state index contributed by atoms with van der Waals surface area (Å²) in [5.41, 5.74) is 3.43. The number of hydrogen-bond acceptors (Lipinski definition) is 3. The van der Waals surface area contributed by atoms with Crippen LogP contribution in [0.1, 0.15) is 35.3 Å². The van der Waals surface area contributed by atoms with Gasteiger partial charge in [0.1, 0.15) is 5.69 Å². The lowest BCUT2D eigenvalue weighted by Crippen LogP contribution is -2.35. The molecule has 0 bridgehead atoms. The number of benzene rings is 1. The van der Waals surface area contributed by atoms with Crippen LogP contribution in [0.2, 0.25) is 0 Å². The van der Waals surface area contributed by atoms with Gasteiger partial charge in [-0.1, -0.05) is 18.2 Å². The minimum absolute atomic E-state index is 0.0221. The number of fused-ring (bicyclic) bond motifs is 1. The molecule has 0 unspecified atom stereocenters. The molecule has 0 fully saturated rings. The van der Waals surface area contributed by atoms with Crippen molar-refractivity contribution >= 4 is 34.3 Å². The number of aliphatic carboxylic acids is 1. The highest BCUT2D eigenvalue weighted by Gasteiger charge is 2.20. The van der Waals surface area contributed by atoms with Crippen molar-refractivity contribution in [1.29, 1.82) is 0 Å². The smallest absolute Gasteiger partial charge is 0.303 e. The minimum atomic E-state index is -0.962. The molecule has 1 aliphatic rings. The van der Waals surface area contributed by atoms with E-state index in [1.807, 2.05) is 24.3 Å². The first kappa shape index (κ1) is 18.7. The maximum Gasteiger partial charge on any atom is 0.303 e. The van der Waals surface area contributed by atoms with Crippen LogP contribution in [0.15, 0.2) is 30.3 Å². The van der Waals surface area contributed by atoms with Crippen LogP contribution in [0.4, 0.5) is 0 Å². The summed E-state index contributed by atoms with van der Waals surface area (Å²) in [6, 6.07) is 7.76. The maximum absolute atomic E-state index is 12.2. The summed E-state index contributed by atoms with van der Waals surface area (Å²) in [7, 11) is 3.42.